The number of hydrogen-bond acceptors (Lipinski definition) is 7. The predicted molar refractivity (Wildman–Crippen MR) is 116 cm³/mol. The van der Waals surface area contributed by atoms with E-state index in [0.29, 0.717) is 48.2 Å². The van der Waals surface area contributed by atoms with Gasteiger partial charge in [-0.2, -0.15) is 4.98 Å². The number of aromatic nitrogens is 2. The van der Waals surface area contributed by atoms with Crippen LogP contribution >= 0.6 is 0 Å². The molecule has 164 valence electrons. The summed E-state index contributed by atoms with van der Waals surface area (Å²) in [5.74, 6) is 1.93. The molecule has 0 spiro atoms. The van der Waals surface area contributed by atoms with Crippen LogP contribution in [0.3, 0.4) is 0 Å². The molecule has 2 amide bonds. The number of rotatable bonds is 5. The standard InChI is InChI=1S/C23H22N4O5/c1-3-26-18-10-14(4-9-19(18)31-13-21(26)29)22-24-23(32-25-22)15-11-20(28)27(12-15)16-5-7-17(30-2)8-6-16/h4-10,15H,3,11-13H2,1-2H3/t15-/m0/s1. The highest BCUT2D eigenvalue weighted by molar-refractivity contribution is 5.98. The molecule has 1 atom stereocenters. The van der Waals surface area contributed by atoms with Crippen molar-refractivity contribution in [3.05, 3.63) is 48.4 Å². The van der Waals surface area contributed by atoms with E-state index in [4.69, 9.17) is 14.0 Å². The molecule has 32 heavy (non-hydrogen) atoms. The van der Waals surface area contributed by atoms with Gasteiger partial charge in [0.15, 0.2) is 6.61 Å². The monoisotopic (exact) mass is 434 g/mol. The maximum atomic E-state index is 12.6. The number of carbonyl (C=O) groups is 2. The van der Waals surface area contributed by atoms with Crippen molar-refractivity contribution in [2.24, 2.45) is 0 Å². The second kappa shape index (κ2) is 7.99. The summed E-state index contributed by atoms with van der Waals surface area (Å²) in [6.07, 6.45) is 0.295. The highest BCUT2D eigenvalue weighted by Gasteiger charge is 2.35. The van der Waals surface area contributed by atoms with Gasteiger partial charge in [-0.3, -0.25) is 9.59 Å². The molecule has 1 fully saturated rings. The van der Waals surface area contributed by atoms with Crippen LogP contribution in [0.25, 0.3) is 11.4 Å². The molecule has 0 N–H and O–H groups in total. The molecular formula is C23H22N4O5. The SMILES string of the molecule is CCN1C(=O)COc2ccc(-c3noc([C@H]4CC(=O)N(c5ccc(OC)cc5)C4)n3)cc21. The highest BCUT2D eigenvalue weighted by Crippen LogP contribution is 2.36. The molecule has 3 aromatic rings. The first-order chi connectivity index (χ1) is 15.6. The molecule has 0 unspecified atom stereocenters. The lowest BCUT2D eigenvalue weighted by Gasteiger charge is -2.28. The topological polar surface area (TPSA) is 98.0 Å². The van der Waals surface area contributed by atoms with Gasteiger partial charge in [0.25, 0.3) is 5.91 Å². The lowest BCUT2D eigenvalue weighted by atomic mass is 10.1. The molecule has 9 heteroatoms. The van der Waals surface area contributed by atoms with Gasteiger partial charge in [-0.25, -0.2) is 0 Å². The van der Waals surface area contributed by atoms with E-state index in [1.54, 1.807) is 23.0 Å². The van der Waals surface area contributed by atoms with Gasteiger partial charge in [0.2, 0.25) is 17.6 Å². The Bertz CT molecular complexity index is 1170. The lowest BCUT2D eigenvalue weighted by molar-refractivity contribution is -0.121. The zero-order valence-corrected chi connectivity index (χ0v) is 17.8. The third-order valence-electron chi connectivity index (χ3n) is 5.78. The summed E-state index contributed by atoms with van der Waals surface area (Å²) in [6.45, 7) is 2.95. The molecule has 0 bridgehead atoms. The van der Waals surface area contributed by atoms with Gasteiger partial charge in [0.05, 0.1) is 18.7 Å². The highest BCUT2D eigenvalue weighted by atomic mass is 16.5. The van der Waals surface area contributed by atoms with Crippen LogP contribution in [0.2, 0.25) is 0 Å². The summed E-state index contributed by atoms with van der Waals surface area (Å²) in [4.78, 5) is 32.7. The Morgan fingerprint density at radius 2 is 1.94 bits per heavy atom. The summed E-state index contributed by atoms with van der Waals surface area (Å²) in [7, 11) is 1.60. The fourth-order valence-corrected chi connectivity index (χ4v) is 4.09. The number of likely N-dealkylation sites (N-methyl/N-ethyl adjacent to an activating group) is 1. The fraction of sp³-hybridized carbons (Fsp3) is 0.304. The Morgan fingerprint density at radius 3 is 2.69 bits per heavy atom. The van der Waals surface area contributed by atoms with E-state index < -0.39 is 0 Å². The Hall–Kier alpha value is -3.88. The van der Waals surface area contributed by atoms with Crippen molar-refractivity contribution >= 4 is 23.2 Å². The van der Waals surface area contributed by atoms with Crippen molar-refractivity contribution in [3.63, 3.8) is 0 Å². The van der Waals surface area contributed by atoms with E-state index in [-0.39, 0.29) is 24.3 Å². The van der Waals surface area contributed by atoms with E-state index in [1.165, 1.54) is 0 Å². The molecule has 2 aliphatic rings. The van der Waals surface area contributed by atoms with Gasteiger partial charge >= 0.3 is 0 Å². The Kier molecular flexibility index (Phi) is 5.01. The van der Waals surface area contributed by atoms with Gasteiger partial charge in [-0.05, 0) is 49.4 Å². The zero-order valence-electron chi connectivity index (χ0n) is 17.8. The lowest BCUT2D eigenvalue weighted by Crippen LogP contribution is -2.38. The third kappa shape index (κ3) is 3.45. The molecule has 1 aromatic heterocycles. The second-order valence-corrected chi connectivity index (χ2v) is 7.67. The van der Waals surface area contributed by atoms with E-state index in [9.17, 15) is 9.59 Å². The number of ether oxygens (including phenoxy) is 2. The van der Waals surface area contributed by atoms with Crippen molar-refractivity contribution < 1.29 is 23.6 Å². The van der Waals surface area contributed by atoms with Crippen LogP contribution in [-0.4, -0.2) is 48.8 Å². The van der Waals surface area contributed by atoms with Gasteiger partial charge < -0.3 is 23.8 Å². The Balaban J connectivity index is 1.37. The molecule has 0 saturated carbocycles. The molecule has 5 rings (SSSR count). The maximum absolute atomic E-state index is 12.6. The summed E-state index contributed by atoms with van der Waals surface area (Å²) < 4.78 is 16.2. The van der Waals surface area contributed by atoms with Crippen LogP contribution in [0.1, 0.15) is 25.2 Å². The minimum absolute atomic E-state index is 0.00273. The summed E-state index contributed by atoms with van der Waals surface area (Å²) in [5, 5.41) is 4.12. The first kappa shape index (κ1) is 20.0. The van der Waals surface area contributed by atoms with Crippen molar-refractivity contribution in [2.45, 2.75) is 19.3 Å². The van der Waals surface area contributed by atoms with Gasteiger partial charge in [0.1, 0.15) is 11.5 Å². The zero-order chi connectivity index (χ0) is 22.2. The van der Waals surface area contributed by atoms with Crippen LogP contribution in [0.5, 0.6) is 11.5 Å². The smallest absolute Gasteiger partial charge is 0.265 e. The van der Waals surface area contributed by atoms with Gasteiger partial charge in [-0.1, -0.05) is 5.16 Å². The quantitative estimate of drug-likeness (QED) is 0.609. The minimum Gasteiger partial charge on any atom is -0.497 e. The van der Waals surface area contributed by atoms with Gasteiger partial charge in [0, 0.05) is 30.8 Å². The number of methoxy groups -OCH3 is 1. The predicted octanol–water partition coefficient (Wildman–Crippen LogP) is 3.01. The first-order valence-electron chi connectivity index (χ1n) is 10.4. The summed E-state index contributed by atoms with van der Waals surface area (Å²) in [5.41, 5.74) is 2.21. The maximum Gasteiger partial charge on any atom is 0.265 e. The van der Waals surface area contributed by atoms with E-state index in [1.807, 2.05) is 43.3 Å². The number of benzene rings is 2. The average molecular weight is 434 g/mol. The largest absolute Gasteiger partial charge is 0.497 e. The molecule has 0 radical (unpaired) electrons. The number of nitrogens with zero attached hydrogens (tertiary/aromatic N) is 4. The number of amides is 2. The molecule has 0 aliphatic carbocycles. The molecule has 1 saturated heterocycles. The van der Waals surface area contributed by atoms with E-state index in [0.717, 1.165) is 11.4 Å². The summed E-state index contributed by atoms with van der Waals surface area (Å²) in [6, 6.07) is 12.8. The number of carbonyl (C=O) groups excluding carboxylic acids is 2. The van der Waals surface area contributed by atoms with Crippen molar-refractivity contribution in [3.8, 4) is 22.9 Å². The Morgan fingerprint density at radius 1 is 1.12 bits per heavy atom. The van der Waals surface area contributed by atoms with Crippen LogP contribution in [-0.2, 0) is 9.59 Å². The van der Waals surface area contributed by atoms with Crippen molar-refractivity contribution in [1.29, 1.82) is 0 Å². The van der Waals surface area contributed by atoms with Crippen molar-refractivity contribution in [1.82, 2.24) is 10.1 Å². The normalized spacial score (nSPS) is 18.0. The molecule has 3 heterocycles. The van der Waals surface area contributed by atoms with E-state index >= 15 is 0 Å². The second-order valence-electron chi connectivity index (χ2n) is 7.67. The summed E-state index contributed by atoms with van der Waals surface area (Å²) >= 11 is 0. The minimum atomic E-state index is -0.194. The average Bonchev–Trinajstić information content (AvgIpc) is 3.46. The Labute approximate surface area is 184 Å². The van der Waals surface area contributed by atoms with Crippen LogP contribution in [0.4, 0.5) is 11.4 Å². The number of fused-ring (bicyclic) bond motifs is 1. The first-order valence-corrected chi connectivity index (χ1v) is 10.4. The molecule has 2 aliphatic heterocycles. The van der Waals surface area contributed by atoms with Crippen LogP contribution in [0.15, 0.2) is 47.0 Å². The van der Waals surface area contributed by atoms with Crippen LogP contribution < -0.4 is 19.3 Å². The molecule has 9 nitrogen and oxygen atoms in total. The number of anilines is 2. The van der Waals surface area contributed by atoms with Gasteiger partial charge in [-0.15, -0.1) is 0 Å². The van der Waals surface area contributed by atoms with Crippen LogP contribution in [0, 0.1) is 0 Å². The van der Waals surface area contributed by atoms with Crippen molar-refractivity contribution in [2.75, 3.05) is 36.6 Å². The molecule has 2 aromatic carbocycles. The number of hydrogen-bond donors (Lipinski definition) is 0. The van der Waals surface area contributed by atoms with E-state index in [2.05, 4.69) is 10.1 Å². The fourth-order valence-electron chi connectivity index (χ4n) is 4.09. The third-order valence-corrected chi connectivity index (χ3v) is 5.78. The molecular weight excluding hydrogens is 412 g/mol.